The molecule has 0 N–H and O–H groups in total. The molecule has 2 aromatic rings. The summed E-state index contributed by atoms with van der Waals surface area (Å²) in [6, 6.07) is 10.6. The van der Waals surface area contributed by atoms with Crippen LogP contribution in [-0.2, 0) is 0 Å². The second kappa shape index (κ2) is 6.75. The van der Waals surface area contributed by atoms with Crippen LogP contribution in [0.2, 0.25) is 5.02 Å². The number of halogens is 1. The van der Waals surface area contributed by atoms with E-state index in [0.717, 1.165) is 12.8 Å². The Hall–Kier alpha value is -2.14. The van der Waals surface area contributed by atoms with E-state index in [1.165, 1.54) is 0 Å². The summed E-state index contributed by atoms with van der Waals surface area (Å²) < 4.78 is 5.78. The third-order valence-corrected chi connectivity index (χ3v) is 3.87. The first-order valence-corrected chi connectivity index (χ1v) is 7.59. The average Bonchev–Trinajstić information content (AvgIpc) is 2.56. The van der Waals surface area contributed by atoms with Crippen LogP contribution in [0.25, 0.3) is 0 Å². The van der Waals surface area contributed by atoms with Gasteiger partial charge in [-0.05, 0) is 24.3 Å². The number of rotatable bonds is 3. The molecule has 0 radical (unpaired) electrons. The maximum atomic E-state index is 12.4. The maximum Gasteiger partial charge on any atom is 0.253 e. The van der Waals surface area contributed by atoms with Gasteiger partial charge in [0.2, 0.25) is 5.88 Å². The molecule has 1 saturated heterocycles. The monoisotopic (exact) mass is 317 g/mol. The van der Waals surface area contributed by atoms with Crippen LogP contribution in [0.1, 0.15) is 23.2 Å². The summed E-state index contributed by atoms with van der Waals surface area (Å²) >= 11 is 5.94. The molecule has 1 aliphatic rings. The minimum absolute atomic E-state index is 0.0143. The largest absolute Gasteiger partial charge is 0.473 e. The Morgan fingerprint density at radius 2 is 2.05 bits per heavy atom. The van der Waals surface area contributed by atoms with Gasteiger partial charge in [-0.3, -0.25) is 4.79 Å². The van der Waals surface area contributed by atoms with Crippen molar-refractivity contribution in [1.82, 2.24) is 15.1 Å². The van der Waals surface area contributed by atoms with E-state index < -0.39 is 0 Å². The van der Waals surface area contributed by atoms with E-state index in [1.807, 2.05) is 4.90 Å². The summed E-state index contributed by atoms with van der Waals surface area (Å²) in [5.41, 5.74) is 0.626. The van der Waals surface area contributed by atoms with Crippen LogP contribution in [0, 0.1) is 0 Å². The highest BCUT2D eigenvalue weighted by Crippen LogP contribution is 2.19. The first-order valence-electron chi connectivity index (χ1n) is 7.21. The lowest BCUT2D eigenvalue weighted by Crippen LogP contribution is -2.41. The molecular weight excluding hydrogens is 302 g/mol. The number of benzene rings is 1. The van der Waals surface area contributed by atoms with Crippen molar-refractivity contribution in [2.75, 3.05) is 13.1 Å². The summed E-state index contributed by atoms with van der Waals surface area (Å²) in [5.74, 6) is 0.544. The van der Waals surface area contributed by atoms with Crippen molar-refractivity contribution in [2.24, 2.45) is 0 Å². The highest BCUT2D eigenvalue weighted by Gasteiger charge is 2.25. The molecule has 1 amide bonds. The van der Waals surface area contributed by atoms with Crippen molar-refractivity contribution in [3.8, 4) is 5.88 Å². The van der Waals surface area contributed by atoms with Crippen LogP contribution in [0.5, 0.6) is 5.88 Å². The Labute approximate surface area is 133 Å². The Morgan fingerprint density at radius 1 is 1.23 bits per heavy atom. The topological polar surface area (TPSA) is 55.3 Å². The van der Waals surface area contributed by atoms with Gasteiger partial charge in [0.15, 0.2) is 0 Å². The van der Waals surface area contributed by atoms with E-state index in [4.69, 9.17) is 16.3 Å². The molecule has 0 aliphatic carbocycles. The predicted octanol–water partition coefficient (Wildman–Crippen LogP) is 2.81. The zero-order valence-corrected chi connectivity index (χ0v) is 12.7. The molecule has 0 unspecified atom stereocenters. The van der Waals surface area contributed by atoms with Gasteiger partial charge in [0, 0.05) is 48.8 Å². The average molecular weight is 318 g/mol. The van der Waals surface area contributed by atoms with Crippen molar-refractivity contribution in [1.29, 1.82) is 0 Å². The molecule has 3 rings (SSSR count). The maximum absolute atomic E-state index is 12.4. The van der Waals surface area contributed by atoms with Gasteiger partial charge in [-0.2, -0.15) is 5.10 Å². The van der Waals surface area contributed by atoms with Crippen LogP contribution in [0.15, 0.2) is 42.6 Å². The van der Waals surface area contributed by atoms with Gasteiger partial charge in [0.05, 0.1) is 0 Å². The molecule has 0 saturated carbocycles. The molecule has 114 valence electrons. The molecule has 0 bridgehead atoms. The Balaban J connectivity index is 1.56. The Kier molecular flexibility index (Phi) is 4.53. The minimum Gasteiger partial charge on any atom is -0.473 e. The highest BCUT2D eigenvalue weighted by atomic mass is 35.5. The number of hydrogen-bond acceptors (Lipinski definition) is 4. The predicted molar refractivity (Wildman–Crippen MR) is 83.0 cm³/mol. The standard InChI is InChI=1S/C16H16ClN3O2/c17-13-4-1-3-12(11-13)16(21)20-9-6-14(7-10-20)22-15-5-2-8-18-19-15/h1-5,8,11,14H,6-7,9-10H2. The molecule has 0 atom stereocenters. The fourth-order valence-corrected chi connectivity index (χ4v) is 2.69. The molecule has 1 aliphatic heterocycles. The van der Waals surface area contributed by atoms with Gasteiger partial charge in [0.25, 0.3) is 5.91 Å². The van der Waals surface area contributed by atoms with Gasteiger partial charge in [-0.25, -0.2) is 0 Å². The van der Waals surface area contributed by atoms with Crippen molar-refractivity contribution in [3.05, 3.63) is 53.2 Å². The first kappa shape index (κ1) is 14.8. The lowest BCUT2D eigenvalue weighted by molar-refractivity contribution is 0.0586. The Morgan fingerprint density at radius 3 is 2.73 bits per heavy atom. The highest BCUT2D eigenvalue weighted by molar-refractivity contribution is 6.30. The number of piperidine rings is 1. The second-order valence-corrected chi connectivity index (χ2v) is 5.62. The van der Waals surface area contributed by atoms with E-state index in [0.29, 0.717) is 29.6 Å². The smallest absolute Gasteiger partial charge is 0.253 e. The zero-order chi connectivity index (χ0) is 15.4. The van der Waals surface area contributed by atoms with Gasteiger partial charge in [-0.1, -0.05) is 17.7 Å². The molecule has 6 heteroatoms. The summed E-state index contributed by atoms with van der Waals surface area (Å²) in [6.07, 6.45) is 3.24. The van der Waals surface area contributed by atoms with E-state index >= 15 is 0 Å². The van der Waals surface area contributed by atoms with E-state index in [-0.39, 0.29) is 12.0 Å². The van der Waals surface area contributed by atoms with Crippen LogP contribution < -0.4 is 4.74 Å². The van der Waals surface area contributed by atoms with E-state index in [2.05, 4.69) is 10.2 Å². The number of amides is 1. The number of hydrogen-bond donors (Lipinski definition) is 0. The van der Waals surface area contributed by atoms with E-state index in [9.17, 15) is 4.79 Å². The molecular formula is C16H16ClN3O2. The van der Waals surface area contributed by atoms with Crippen molar-refractivity contribution >= 4 is 17.5 Å². The van der Waals surface area contributed by atoms with Gasteiger partial charge >= 0.3 is 0 Å². The molecule has 1 fully saturated rings. The van der Waals surface area contributed by atoms with Gasteiger partial charge in [-0.15, -0.1) is 5.10 Å². The summed E-state index contributed by atoms with van der Waals surface area (Å²) in [5, 5.41) is 8.28. The normalized spacial score (nSPS) is 15.6. The zero-order valence-electron chi connectivity index (χ0n) is 12.0. The molecule has 2 heterocycles. The van der Waals surface area contributed by atoms with Crippen LogP contribution in [-0.4, -0.2) is 40.2 Å². The van der Waals surface area contributed by atoms with Gasteiger partial charge < -0.3 is 9.64 Å². The third kappa shape index (κ3) is 3.54. The lowest BCUT2D eigenvalue weighted by atomic mass is 10.1. The minimum atomic E-state index is 0.0143. The number of ether oxygens (including phenoxy) is 1. The van der Waals surface area contributed by atoms with Crippen LogP contribution in [0.4, 0.5) is 0 Å². The molecule has 1 aromatic carbocycles. The fraction of sp³-hybridized carbons (Fsp3) is 0.312. The first-order chi connectivity index (χ1) is 10.7. The van der Waals surface area contributed by atoms with E-state index in [1.54, 1.807) is 42.6 Å². The summed E-state index contributed by atoms with van der Waals surface area (Å²) in [6.45, 7) is 1.33. The SMILES string of the molecule is O=C(c1cccc(Cl)c1)N1CCC(Oc2cccnn2)CC1. The van der Waals surface area contributed by atoms with Crippen molar-refractivity contribution in [3.63, 3.8) is 0 Å². The summed E-state index contributed by atoms with van der Waals surface area (Å²) in [4.78, 5) is 14.3. The van der Waals surface area contributed by atoms with Gasteiger partial charge in [0.1, 0.15) is 6.10 Å². The lowest BCUT2D eigenvalue weighted by Gasteiger charge is -2.31. The molecule has 22 heavy (non-hydrogen) atoms. The molecule has 0 spiro atoms. The second-order valence-electron chi connectivity index (χ2n) is 5.18. The summed E-state index contributed by atoms with van der Waals surface area (Å²) in [7, 11) is 0. The number of carbonyl (C=O) groups excluding carboxylic acids is 1. The molecule has 5 nitrogen and oxygen atoms in total. The number of aromatic nitrogens is 2. The third-order valence-electron chi connectivity index (χ3n) is 3.64. The quantitative estimate of drug-likeness (QED) is 0.873. The number of likely N-dealkylation sites (tertiary alicyclic amines) is 1. The van der Waals surface area contributed by atoms with Crippen molar-refractivity contribution < 1.29 is 9.53 Å². The Bertz CT molecular complexity index is 643. The number of nitrogens with zero attached hydrogens (tertiary/aromatic N) is 3. The van der Waals surface area contributed by atoms with Crippen LogP contribution in [0.3, 0.4) is 0 Å². The number of carbonyl (C=O) groups is 1. The fourth-order valence-electron chi connectivity index (χ4n) is 2.50. The van der Waals surface area contributed by atoms with Crippen molar-refractivity contribution in [2.45, 2.75) is 18.9 Å². The van der Waals surface area contributed by atoms with Crippen LogP contribution >= 0.6 is 11.6 Å². The molecule has 1 aromatic heterocycles.